The molecule has 0 bridgehead atoms. The molecular formula is C20H22N4O. The van der Waals surface area contributed by atoms with E-state index in [0.717, 1.165) is 30.7 Å². The zero-order chi connectivity index (χ0) is 17.1. The molecule has 5 N–H and O–H groups in total. The first-order valence-electron chi connectivity index (χ1n) is 8.60. The van der Waals surface area contributed by atoms with Gasteiger partial charge in [0.2, 0.25) is 0 Å². The Bertz CT molecular complexity index is 986. The Labute approximate surface area is 146 Å². The molecule has 0 aliphatic heterocycles. The molecule has 0 radical (unpaired) electrons. The number of nitrogens with two attached hydrogens (primary N) is 1. The number of hydroxylamine groups is 1. The predicted octanol–water partition coefficient (Wildman–Crippen LogP) is 3.28. The van der Waals surface area contributed by atoms with Crippen molar-refractivity contribution in [2.75, 3.05) is 13.1 Å². The predicted molar refractivity (Wildman–Crippen MR) is 102 cm³/mol. The van der Waals surface area contributed by atoms with Gasteiger partial charge >= 0.3 is 0 Å². The molecule has 0 unspecified atom stereocenters. The monoisotopic (exact) mass is 334 g/mol. The Morgan fingerprint density at radius 1 is 0.880 bits per heavy atom. The Morgan fingerprint density at radius 2 is 1.64 bits per heavy atom. The lowest BCUT2D eigenvalue weighted by atomic mass is 10.1. The highest BCUT2D eigenvalue weighted by molar-refractivity contribution is 5.84. The first-order chi connectivity index (χ1) is 12.3. The minimum Gasteiger partial charge on any atom is -0.409 e. The number of hydrogen-bond acceptors (Lipinski definition) is 3. The van der Waals surface area contributed by atoms with Crippen LogP contribution in [0.25, 0.3) is 21.8 Å². The average Bonchev–Trinajstić information content (AvgIpc) is 3.23. The number of aromatic amines is 2. The van der Waals surface area contributed by atoms with Crippen LogP contribution in [-0.2, 0) is 12.8 Å². The van der Waals surface area contributed by atoms with Gasteiger partial charge in [-0.05, 0) is 54.8 Å². The van der Waals surface area contributed by atoms with Crippen molar-refractivity contribution in [1.29, 1.82) is 0 Å². The van der Waals surface area contributed by atoms with Gasteiger partial charge in [-0.3, -0.25) is 0 Å². The van der Waals surface area contributed by atoms with Crippen molar-refractivity contribution in [2.24, 2.45) is 5.73 Å². The van der Waals surface area contributed by atoms with Crippen molar-refractivity contribution >= 4 is 21.8 Å². The molecule has 4 rings (SSSR count). The van der Waals surface area contributed by atoms with Gasteiger partial charge in [0.05, 0.1) is 0 Å². The van der Waals surface area contributed by atoms with Crippen LogP contribution in [0.3, 0.4) is 0 Å². The van der Waals surface area contributed by atoms with Gasteiger partial charge in [0.1, 0.15) is 5.75 Å². The molecule has 25 heavy (non-hydrogen) atoms. The molecule has 5 heteroatoms. The summed E-state index contributed by atoms with van der Waals surface area (Å²) in [5.74, 6) is 0.810. The second-order valence-electron chi connectivity index (χ2n) is 6.17. The maximum Gasteiger partial charge on any atom is 0.147 e. The number of fused-ring (bicyclic) bond motifs is 2. The van der Waals surface area contributed by atoms with Crippen LogP contribution in [0.1, 0.15) is 11.1 Å². The maximum absolute atomic E-state index is 5.72. The molecule has 2 aromatic carbocycles. The lowest BCUT2D eigenvalue weighted by molar-refractivity contribution is 0.198. The van der Waals surface area contributed by atoms with Gasteiger partial charge in [0.15, 0.2) is 0 Å². The minimum atomic E-state index is 0.640. The number of rotatable bonds is 7. The molecule has 0 saturated carbocycles. The molecule has 4 aromatic rings. The lowest BCUT2D eigenvalue weighted by Gasteiger charge is -2.07. The van der Waals surface area contributed by atoms with Crippen molar-refractivity contribution in [3.63, 3.8) is 0 Å². The number of benzene rings is 2. The van der Waals surface area contributed by atoms with Crippen LogP contribution in [0.15, 0.2) is 54.9 Å². The van der Waals surface area contributed by atoms with Gasteiger partial charge in [-0.15, -0.1) is 0 Å². The van der Waals surface area contributed by atoms with E-state index in [-0.39, 0.29) is 0 Å². The summed E-state index contributed by atoms with van der Waals surface area (Å²) >= 11 is 0. The maximum atomic E-state index is 5.72. The van der Waals surface area contributed by atoms with Gasteiger partial charge in [-0.1, -0.05) is 18.2 Å². The molecule has 2 heterocycles. The molecule has 0 atom stereocenters. The largest absolute Gasteiger partial charge is 0.409 e. The van der Waals surface area contributed by atoms with Crippen molar-refractivity contribution < 1.29 is 4.84 Å². The summed E-state index contributed by atoms with van der Waals surface area (Å²) in [6.45, 7) is 1.38. The first kappa shape index (κ1) is 15.7. The highest BCUT2D eigenvalue weighted by Gasteiger charge is 2.06. The topological polar surface area (TPSA) is 78.9 Å². The molecule has 0 aliphatic rings. The van der Waals surface area contributed by atoms with E-state index in [1.165, 1.54) is 27.4 Å². The van der Waals surface area contributed by atoms with Gasteiger partial charge in [-0.2, -0.15) is 5.48 Å². The van der Waals surface area contributed by atoms with Gasteiger partial charge in [0, 0.05) is 40.7 Å². The third-order valence-corrected chi connectivity index (χ3v) is 4.51. The van der Waals surface area contributed by atoms with Crippen molar-refractivity contribution in [3.05, 3.63) is 66.0 Å². The van der Waals surface area contributed by atoms with E-state index >= 15 is 0 Å². The van der Waals surface area contributed by atoms with E-state index in [0.29, 0.717) is 6.54 Å². The number of para-hydroxylation sites is 1. The second kappa shape index (κ2) is 7.01. The number of aromatic nitrogens is 2. The van der Waals surface area contributed by atoms with E-state index in [4.69, 9.17) is 10.6 Å². The van der Waals surface area contributed by atoms with E-state index < -0.39 is 0 Å². The minimum absolute atomic E-state index is 0.640. The van der Waals surface area contributed by atoms with Crippen LogP contribution >= 0.6 is 0 Å². The summed E-state index contributed by atoms with van der Waals surface area (Å²) in [5, 5.41) is 2.44. The van der Waals surface area contributed by atoms with Crippen LogP contribution in [0.4, 0.5) is 0 Å². The van der Waals surface area contributed by atoms with Gasteiger partial charge in [-0.25, -0.2) is 0 Å². The second-order valence-corrected chi connectivity index (χ2v) is 6.17. The van der Waals surface area contributed by atoms with Crippen LogP contribution in [0, 0.1) is 0 Å². The van der Waals surface area contributed by atoms with Crippen LogP contribution in [0.2, 0.25) is 0 Å². The fourth-order valence-corrected chi connectivity index (χ4v) is 3.24. The summed E-state index contributed by atoms with van der Waals surface area (Å²) in [4.78, 5) is 12.3. The van der Waals surface area contributed by atoms with Crippen LogP contribution in [0.5, 0.6) is 5.75 Å². The summed E-state index contributed by atoms with van der Waals surface area (Å²) in [6.07, 6.45) is 5.84. The van der Waals surface area contributed by atoms with Crippen molar-refractivity contribution in [1.82, 2.24) is 15.4 Å². The quantitative estimate of drug-likeness (QED) is 0.309. The average molecular weight is 334 g/mol. The Hall–Kier alpha value is -2.76. The van der Waals surface area contributed by atoms with E-state index in [9.17, 15) is 0 Å². The standard InChI is InChI=1S/C20H22N4O/c21-9-7-14-12-23-20-6-5-16(11-18(14)20)25-24-10-8-15-13-22-19-4-2-1-3-17(15)19/h1-6,11-13,22-24H,7-10,21H2. The highest BCUT2D eigenvalue weighted by atomic mass is 16.6. The molecular weight excluding hydrogens is 312 g/mol. The summed E-state index contributed by atoms with van der Waals surface area (Å²) in [7, 11) is 0. The van der Waals surface area contributed by atoms with Gasteiger partial charge in [0.25, 0.3) is 0 Å². The van der Waals surface area contributed by atoms with E-state index in [1.807, 2.05) is 24.4 Å². The summed E-state index contributed by atoms with van der Waals surface area (Å²) in [5.41, 5.74) is 13.5. The Morgan fingerprint density at radius 3 is 2.48 bits per heavy atom. The van der Waals surface area contributed by atoms with E-state index in [1.54, 1.807) is 0 Å². The molecule has 0 fully saturated rings. The van der Waals surface area contributed by atoms with Gasteiger partial charge < -0.3 is 20.5 Å². The first-order valence-corrected chi connectivity index (χ1v) is 8.60. The molecule has 0 spiro atoms. The summed E-state index contributed by atoms with van der Waals surface area (Å²) < 4.78 is 0. The van der Waals surface area contributed by atoms with Crippen LogP contribution in [-0.4, -0.2) is 23.1 Å². The third-order valence-electron chi connectivity index (χ3n) is 4.51. The lowest BCUT2D eigenvalue weighted by Crippen LogP contribution is -2.21. The number of hydrogen-bond donors (Lipinski definition) is 4. The Balaban J connectivity index is 1.38. The fraction of sp³-hybridized carbons (Fsp3) is 0.200. The van der Waals surface area contributed by atoms with Crippen molar-refractivity contribution in [3.8, 4) is 5.75 Å². The van der Waals surface area contributed by atoms with Crippen molar-refractivity contribution in [2.45, 2.75) is 12.8 Å². The molecule has 128 valence electrons. The molecule has 2 aromatic heterocycles. The highest BCUT2D eigenvalue weighted by Crippen LogP contribution is 2.23. The zero-order valence-corrected chi connectivity index (χ0v) is 14.0. The Kier molecular flexibility index (Phi) is 4.41. The molecule has 0 amide bonds. The zero-order valence-electron chi connectivity index (χ0n) is 14.0. The third kappa shape index (κ3) is 3.24. The van der Waals surface area contributed by atoms with Crippen LogP contribution < -0.4 is 16.1 Å². The molecule has 5 nitrogen and oxygen atoms in total. The SMILES string of the molecule is NCCc1c[nH]c2ccc(ONCCc3c[nH]c4ccccc34)cc12. The normalized spacial score (nSPS) is 11.4. The van der Waals surface area contributed by atoms with E-state index in [2.05, 4.69) is 45.9 Å². The summed E-state index contributed by atoms with van der Waals surface area (Å²) in [6, 6.07) is 14.4. The number of H-pyrrole nitrogens is 2. The smallest absolute Gasteiger partial charge is 0.147 e. The number of nitrogens with one attached hydrogen (secondary N) is 3. The molecule has 0 saturated heterocycles. The fourth-order valence-electron chi connectivity index (χ4n) is 3.24. The molecule has 0 aliphatic carbocycles.